The Morgan fingerprint density at radius 2 is 1.65 bits per heavy atom. The van der Waals surface area contributed by atoms with E-state index in [1.165, 1.54) is 35.5 Å². The second kappa shape index (κ2) is 10.8. The van der Waals surface area contributed by atoms with E-state index in [0.717, 1.165) is 23.4 Å². The van der Waals surface area contributed by atoms with Crippen LogP contribution in [0.1, 0.15) is 16.8 Å². The fraction of sp³-hybridized carbons (Fsp3) is 0.360. The van der Waals surface area contributed by atoms with Crippen molar-refractivity contribution in [3.05, 3.63) is 95.6 Å². The molecule has 2 aromatic heterocycles. The molecule has 0 radical (unpaired) electrons. The number of β-amino-alcohol motifs (C(OH)–C–C–N with tert-alkyl or cyclic N) is 1. The van der Waals surface area contributed by atoms with Gasteiger partial charge in [-0.3, -0.25) is 9.80 Å². The summed E-state index contributed by atoms with van der Waals surface area (Å²) in [6, 6.07) is 9.59. The number of rotatable bonds is 9. The average Bonchev–Trinajstić information content (AvgIpc) is 3.52. The Morgan fingerprint density at radius 3 is 2.38 bits per heavy atom. The summed E-state index contributed by atoms with van der Waals surface area (Å²) in [4.78, 5) is 8.18. The smallest absolute Gasteiger partial charge is 0.137 e. The van der Waals surface area contributed by atoms with Crippen molar-refractivity contribution in [2.24, 2.45) is 0 Å². The number of halogens is 3. The number of piperazine rings is 1. The summed E-state index contributed by atoms with van der Waals surface area (Å²) < 4.78 is 44.8. The van der Waals surface area contributed by atoms with Gasteiger partial charge in [-0.2, -0.15) is 5.10 Å². The predicted molar refractivity (Wildman–Crippen MR) is 128 cm³/mol. The van der Waals surface area contributed by atoms with E-state index in [9.17, 15) is 18.3 Å². The number of aromatic nitrogens is 6. The molecule has 0 bridgehead atoms. The highest BCUT2D eigenvalue weighted by molar-refractivity contribution is 5.26. The molecule has 194 valence electrons. The van der Waals surface area contributed by atoms with Crippen LogP contribution in [-0.4, -0.2) is 77.4 Å². The third kappa shape index (κ3) is 6.21. The van der Waals surface area contributed by atoms with Gasteiger partial charge in [0.25, 0.3) is 0 Å². The Bertz CT molecular complexity index is 1320. The maximum Gasteiger partial charge on any atom is 0.137 e. The molecule has 1 aliphatic heterocycles. The summed E-state index contributed by atoms with van der Waals surface area (Å²) in [6.45, 7) is 3.86. The van der Waals surface area contributed by atoms with Gasteiger partial charge in [-0.15, -0.1) is 5.10 Å². The van der Waals surface area contributed by atoms with Crippen molar-refractivity contribution >= 4 is 0 Å². The quantitative estimate of drug-likeness (QED) is 0.367. The van der Waals surface area contributed by atoms with Crippen LogP contribution in [0.15, 0.2) is 61.3 Å². The molecule has 0 amide bonds. The third-order valence-electron chi connectivity index (χ3n) is 6.48. The second-order valence-corrected chi connectivity index (χ2v) is 9.34. The van der Waals surface area contributed by atoms with Gasteiger partial charge in [0.15, 0.2) is 0 Å². The Morgan fingerprint density at radius 1 is 0.865 bits per heavy atom. The summed E-state index contributed by atoms with van der Waals surface area (Å²) >= 11 is 0. The largest absolute Gasteiger partial charge is 0.382 e. The Hall–Kier alpha value is -3.61. The zero-order chi connectivity index (χ0) is 25.8. The van der Waals surface area contributed by atoms with Crippen LogP contribution in [0.2, 0.25) is 0 Å². The second-order valence-electron chi connectivity index (χ2n) is 9.34. The van der Waals surface area contributed by atoms with Gasteiger partial charge in [-0.05, 0) is 23.8 Å². The normalized spacial score (nSPS) is 16.6. The fourth-order valence-electron chi connectivity index (χ4n) is 4.68. The van der Waals surface area contributed by atoms with Gasteiger partial charge in [0.2, 0.25) is 0 Å². The minimum atomic E-state index is -1.63. The van der Waals surface area contributed by atoms with E-state index in [-0.39, 0.29) is 24.5 Å². The SMILES string of the molecule is OC(CN1CCN(Cc2cn(Cc3cccc(F)c3)nn2)CC1)(Cn1cncn1)c1ccc(F)cc1F. The number of aliphatic hydroxyl groups is 1. The molecule has 1 atom stereocenters. The third-order valence-corrected chi connectivity index (χ3v) is 6.48. The number of hydrogen-bond donors (Lipinski definition) is 1. The zero-order valence-corrected chi connectivity index (χ0v) is 20.1. The highest BCUT2D eigenvalue weighted by atomic mass is 19.1. The first-order valence-electron chi connectivity index (χ1n) is 11.9. The lowest BCUT2D eigenvalue weighted by Gasteiger charge is -2.39. The molecule has 12 heteroatoms. The lowest BCUT2D eigenvalue weighted by atomic mass is 9.92. The van der Waals surface area contributed by atoms with E-state index in [4.69, 9.17) is 0 Å². The van der Waals surface area contributed by atoms with Crippen molar-refractivity contribution in [1.82, 2.24) is 39.6 Å². The fourth-order valence-corrected chi connectivity index (χ4v) is 4.68. The number of hydrogen-bond acceptors (Lipinski definition) is 7. The van der Waals surface area contributed by atoms with Crippen LogP contribution in [-0.2, 0) is 25.2 Å². The summed E-state index contributed by atoms with van der Waals surface area (Å²) in [5, 5.41) is 24.0. The van der Waals surface area contributed by atoms with Gasteiger partial charge in [-0.25, -0.2) is 27.5 Å². The van der Waals surface area contributed by atoms with Crippen LogP contribution in [0.4, 0.5) is 13.2 Å². The Balaban J connectivity index is 1.20. The van der Waals surface area contributed by atoms with Crippen LogP contribution >= 0.6 is 0 Å². The molecule has 1 saturated heterocycles. The minimum Gasteiger partial charge on any atom is -0.382 e. The summed E-state index contributed by atoms with van der Waals surface area (Å²) in [5.41, 5.74) is -0.00326. The lowest BCUT2D eigenvalue weighted by Crippen LogP contribution is -2.52. The lowest BCUT2D eigenvalue weighted by molar-refractivity contribution is -0.0324. The van der Waals surface area contributed by atoms with E-state index in [1.54, 1.807) is 10.7 Å². The summed E-state index contributed by atoms with van der Waals surface area (Å²) in [5.74, 6) is -1.79. The van der Waals surface area contributed by atoms with E-state index < -0.39 is 17.2 Å². The summed E-state index contributed by atoms with van der Waals surface area (Å²) in [6.07, 6.45) is 4.64. The van der Waals surface area contributed by atoms with Crippen molar-refractivity contribution in [2.45, 2.75) is 25.2 Å². The molecule has 2 aromatic carbocycles. The van der Waals surface area contributed by atoms with Crippen LogP contribution in [0.3, 0.4) is 0 Å². The molecule has 0 aliphatic carbocycles. The van der Waals surface area contributed by atoms with Gasteiger partial charge in [-0.1, -0.05) is 23.4 Å². The van der Waals surface area contributed by atoms with Crippen molar-refractivity contribution in [2.75, 3.05) is 32.7 Å². The first-order chi connectivity index (χ1) is 17.9. The minimum absolute atomic E-state index is 0.0155. The average molecular weight is 513 g/mol. The van der Waals surface area contributed by atoms with Crippen LogP contribution in [0.5, 0.6) is 0 Å². The molecule has 4 aromatic rings. The number of benzene rings is 2. The van der Waals surface area contributed by atoms with E-state index in [1.807, 2.05) is 12.3 Å². The Labute approximate surface area is 211 Å². The van der Waals surface area contributed by atoms with Crippen molar-refractivity contribution in [1.29, 1.82) is 0 Å². The van der Waals surface area contributed by atoms with E-state index >= 15 is 0 Å². The van der Waals surface area contributed by atoms with Gasteiger partial charge in [0, 0.05) is 50.9 Å². The van der Waals surface area contributed by atoms with E-state index in [0.29, 0.717) is 39.3 Å². The standard InChI is InChI=1S/C25H27F3N8O/c26-20-3-1-2-19(10-20)12-35-14-22(31-32-35)13-33-6-8-34(9-7-33)15-25(37,16-36-18-29-17-30-36)23-5-4-21(27)11-24(23)28/h1-5,10-11,14,17-18,37H,6-9,12-13,15-16H2. The van der Waals surface area contributed by atoms with Gasteiger partial charge >= 0.3 is 0 Å². The highest BCUT2D eigenvalue weighted by Crippen LogP contribution is 2.28. The summed E-state index contributed by atoms with van der Waals surface area (Å²) in [7, 11) is 0. The topological polar surface area (TPSA) is 88.1 Å². The monoisotopic (exact) mass is 512 g/mol. The first-order valence-corrected chi connectivity index (χ1v) is 11.9. The molecule has 3 heterocycles. The van der Waals surface area contributed by atoms with Crippen LogP contribution < -0.4 is 0 Å². The van der Waals surface area contributed by atoms with Gasteiger partial charge in [0.05, 0.1) is 25.0 Å². The maximum atomic E-state index is 14.7. The molecule has 1 unspecified atom stereocenters. The molecule has 9 nitrogen and oxygen atoms in total. The zero-order valence-electron chi connectivity index (χ0n) is 20.1. The number of nitrogens with zero attached hydrogens (tertiary/aromatic N) is 8. The highest BCUT2D eigenvalue weighted by Gasteiger charge is 2.36. The Kier molecular flexibility index (Phi) is 7.31. The molecule has 5 rings (SSSR count). The molecule has 1 aliphatic rings. The van der Waals surface area contributed by atoms with Crippen molar-refractivity contribution in [3.8, 4) is 0 Å². The molecule has 1 N–H and O–H groups in total. The van der Waals surface area contributed by atoms with Crippen LogP contribution in [0, 0.1) is 17.5 Å². The van der Waals surface area contributed by atoms with Gasteiger partial charge < -0.3 is 5.11 Å². The van der Waals surface area contributed by atoms with E-state index in [2.05, 4.69) is 30.2 Å². The predicted octanol–water partition coefficient (Wildman–Crippen LogP) is 2.04. The molecule has 37 heavy (non-hydrogen) atoms. The van der Waals surface area contributed by atoms with Crippen LogP contribution in [0.25, 0.3) is 0 Å². The van der Waals surface area contributed by atoms with Crippen molar-refractivity contribution < 1.29 is 18.3 Å². The van der Waals surface area contributed by atoms with Gasteiger partial charge in [0.1, 0.15) is 35.7 Å². The molecule has 0 spiro atoms. The molecular weight excluding hydrogens is 485 g/mol. The first kappa shape index (κ1) is 25.1. The molecular formula is C25H27F3N8O. The molecule has 1 fully saturated rings. The van der Waals surface area contributed by atoms with Crippen molar-refractivity contribution in [3.63, 3.8) is 0 Å². The molecule has 0 saturated carbocycles. The maximum absolute atomic E-state index is 14.7.